The van der Waals surface area contributed by atoms with E-state index in [0.717, 1.165) is 12.8 Å². The Labute approximate surface area is 142 Å². The molecule has 0 spiro atoms. The van der Waals surface area contributed by atoms with Crippen LogP contribution < -0.4 is 14.8 Å². The number of amides is 1. The lowest BCUT2D eigenvalue weighted by atomic mass is 9.74. The van der Waals surface area contributed by atoms with Crippen LogP contribution >= 0.6 is 0 Å². The second kappa shape index (κ2) is 8.04. The molecule has 6 nitrogen and oxygen atoms in total. The molecule has 1 aromatic carbocycles. The maximum Gasteiger partial charge on any atom is 0.308 e. The molecule has 2 unspecified atom stereocenters. The number of hydrogen-bond donors (Lipinski definition) is 2. The van der Waals surface area contributed by atoms with Gasteiger partial charge in [0, 0.05) is 0 Å². The largest absolute Gasteiger partial charge is 0.490 e. The molecule has 2 atom stereocenters. The van der Waals surface area contributed by atoms with Crippen molar-refractivity contribution in [3.05, 3.63) is 24.3 Å². The second-order valence-corrected chi connectivity index (χ2v) is 6.27. The third-order valence-corrected chi connectivity index (χ3v) is 4.44. The van der Waals surface area contributed by atoms with Crippen LogP contribution in [-0.2, 0) is 9.59 Å². The number of benzene rings is 1. The van der Waals surface area contributed by atoms with Crippen molar-refractivity contribution in [2.45, 2.75) is 45.1 Å². The van der Waals surface area contributed by atoms with Gasteiger partial charge in [-0.2, -0.15) is 0 Å². The summed E-state index contributed by atoms with van der Waals surface area (Å²) in [4.78, 5) is 23.7. The van der Waals surface area contributed by atoms with Gasteiger partial charge in [-0.15, -0.1) is 0 Å². The van der Waals surface area contributed by atoms with E-state index in [1.54, 1.807) is 25.1 Å². The summed E-state index contributed by atoms with van der Waals surface area (Å²) in [6.07, 6.45) is 3.03. The monoisotopic (exact) mass is 335 g/mol. The molecule has 0 bridgehead atoms. The average Bonchev–Trinajstić information content (AvgIpc) is 2.54. The molecule has 1 aromatic rings. The minimum absolute atomic E-state index is 0.175. The summed E-state index contributed by atoms with van der Waals surface area (Å²) in [5.41, 5.74) is -0.732. The van der Waals surface area contributed by atoms with Gasteiger partial charge < -0.3 is 19.9 Å². The Morgan fingerprint density at radius 3 is 2.54 bits per heavy atom. The molecule has 2 rings (SSSR count). The van der Waals surface area contributed by atoms with E-state index in [-0.39, 0.29) is 12.5 Å². The first-order chi connectivity index (χ1) is 11.5. The highest BCUT2D eigenvalue weighted by Gasteiger charge is 2.42. The van der Waals surface area contributed by atoms with Crippen molar-refractivity contribution < 1.29 is 24.2 Å². The smallest absolute Gasteiger partial charge is 0.308 e. The first kappa shape index (κ1) is 18.1. The van der Waals surface area contributed by atoms with E-state index in [1.807, 2.05) is 13.0 Å². The summed E-state index contributed by atoms with van der Waals surface area (Å²) in [5, 5.41) is 12.3. The second-order valence-electron chi connectivity index (χ2n) is 6.27. The molecule has 0 saturated heterocycles. The van der Waals surface area contributed by atoms with E-state index >= 15 is 0 Å². The zero-order valence-corrected chi connectivity index (χ0v) is 14.2. The lowest BCUT2D eigenvalue weighted by Crippen LogP contribution is -2.56. The molecule has 1 aliphatic carbocycles. The molecule has 1 amide bonds. The van der Waals surface area contributed by atoms with Crippen LogP contribution in [0.4, 0.5) is 0 Å². The van der Waals surface area contributed by atoms with Gasteiger partial charge >= 0.3 is 5.97 Å². The van der Waals surface area contributed by atoms with E-state index < -0.39 is 17.4 Å². The first-order valence-corrected chi connectivity index (χ1v) is 8.34. The SMILES string of the molecule is CCOc1ccccc1OCC(=O)NC1(C)CCCCC1C(=O)O. The Morgan fingerprint density at radius 1 is 1.25 bits per heavy atom. The highest BCUT2D eigenvalue weighted by molar-refractivity contribution is 5.80. The Kier molecular flexibility index (Phi) is 6.06. The summed E-state index contributed by atoms with van der Waals surface area (Å²) in [5.74, 6) is -0.666. The minimum atomic E-state index is -0.861. The van der Waals surface area contributed by atoms with Crippen LogP contribution in [-0.4, -0.2) is 35.7 Å². The Hall–Kier alpha value is -2.24. The highest BCUT2D eigenvalue weighted by Crippen LogP contribution is 2.34. The molecule has 132 valence electrons. The first-order valence-electron chi connectivity index (χ1n) is 8.34. The molecular weight excluding hydrogens is 310 g/mol. The van der Waals surface area contributed by atoms with Crippen LogP contribution in [0.15, 0.2) is 24.3 Å². The maximum atomic E-state index is 12.3. The maximum absolute atomic E-state index is 12.3. The zero-order valence-electron chi connectivity index (χ0n) is 14.2. The normalized spacial score (nSPS) is 23.3. The van der Waals surface area contributed by atoms with Gasteiger partial charge in [-0.3, -0.25) is 9.59 Å². The summed E-state index contributed by atoms with van der Waals surface area (Å²) in [7, 11) is 0. The molecule has 6 heteroatoms. The van der Waals surface area contributed by atoms with Gasteiger partial charge in [-0.05, 0) is 38.8 Å². The lowest BCUT2D eigenvalue weighted by Gasteiger charge is -2.39. The standard InChI is InChI=1S/C18H25NO5/c1-3-23-14-9-4-5-10-15(14)24-12-16(20)19-18(2)11-7-6-8-13(18)17(21)22/h4-5,9-10,13H,3,6-8,11-12H2,1-2H3,(H,19,20)(H,21,22). The molecule has 1 saturated carbocycles. The number of carboxylic acid groups (broad SMARTS) is 1. The van der Waals surface area contributed by atoms with Gasteiger partial charge in [-0.25, -0.2) is 0 Å². The molecule has 1 fully saturated rings. The predicted octanol–water partition coefficient (Wildman–Crippen LogP) is 2.61. The Morgan fingerprint density at radius 2 is 1.92 bits per heavy atom. The number of carboxylic acids is 1. The van der Waals surface area contributed by atoms with Crippen molar-refractivity contribution in [1.82, 2.24) is 5.32 Å². The van der Waals surface area contributed by atoms with Gasteiger partial charge in [0.05, 0.1) is 18.1 Å². The van der Waals surface area contributed by atoms with Crippen LogP contribution in [0.25, 0.3) is 0 Å². The van der Waals surface area contributed by atoms with Gasteiger partial charge in [0.15, 0.2) is 18.1 Å². The van der Waals surface area contributed by atoms with Gasteiger partial charge in [0.1, 0.15) is 0 Å². The van der Waals surface area contributed by atoms with Crippen molar-refractivity contribution >= 4 is 11.9 Å². The molecule has 0 heterocycles. The number of ether oxygens (including phenoxy) is 2. The summed E-state index contributed by atoms with van der Waals surface area (Å²) in [6, 6.07) is 7.15. The van der Waals surface area contributed by atoms with Crippen LogP contribution in [0.5, 0.6) is 11.5 Å². The lowest BCUT2D eigenvalue weighted by molar-refractivity contribution is -0.146. The Bertz CT molecular complexity index is 589. The summed E-state index contributed by atoms with van der Waals surface area (Å²) < 4.78 is 11.0. The molecule has 0 radical (unpaired) electrons. The number of carbonyl (C=O) groups excluding carboxylic acids is 1. The zero-order chi connectivity index (χ0) is 17.6. The quantitative estimate of drug-likeness (QED) is 0.800. The fraction of sp³-hybridized carbons (Fsp3) is 0.556. The van der Waals surface area contributed by atoms with Crippen LogP contribution in [0.3, 0.4) is 0 Å². The predicted molar refractivity (Wildman–Crippen MR) is 89.2 cm³/mol. The third-order valence-electron chi connectivity index (χ3n) is 4.44. The number of carbonyl (C=O) groups is 2. The average molecular weight is 335 g/mol. The fourth-order valence-electron chi connectivity index (χ4n) is 3.22. The number of aliphatic carboxylic acids is 1. The van der Waals surface area contributed by atoms with E-state index in [9.17, 15) is 14.7 Å². The van der Waals surface area contributed by atoms with Crippen LogP contribution in [0.1, 0.15) is 39.5 Å². The number of nitrogens with one attached hydrogen (secondary N) is 1. The summed E-state index contributed by atoms with van der Waals surface area (Å²) in [6.45, 7) is 4.01. The topological polar surface area (TPSA) is 84.9 Å². The number of para-hydroxylation sites is 2. The van der Waals surface area contributed by atoms with E-state index in [2.05, 4.69) is 5.32 Å². The van der Waals surface area contributed by atoms with Crippen molar-refractivity contribution in [2.75, 3.05) is 13.2 Å². The Balaban J connectivity index is 1.96. The number of hydrogen-bond acceptors (Lipinski definition) is 4. The van der Waals surface area contributed by atoms with Crippen LogP contribution in [0, 0.1) is 5.92 Å². The van der Waals surface area contributed by atoms with Crippen molar-refractivity contribution in [3.8, 4) is 11.5 Å². The molecule has 0 aliphatic heterocycles. The van der Waals surface area contributed by atoms with Crippen LogP contribution in [0.2, 0.25) is 0 Å². The highest BCUT2D eigenvalue weighted by atomic mass is 16.5. The molecule has 1 aliphatic rings. The molecule has 2 N–H and O–H groups in total. The fourth-order valence-corrected chi connectivity index (χ4v) is 3.22. The van der Waals surface area contributed by atoms with Gasteiger partial charge in [-0.1, -0.05) is 25.0 Å². The van der Waals surface area contributed by atoms with Gasteiger partial charge in [0.2, 0.25) is 0 Å². The van der Waals surface area contributed by atoms with E-state index in [0.29, 0.717) is 30.9 Å². The van der Waals surface area contributed by atoms with Crippen molar-refractivity contribution in [3.63, 3.8) is 0 Å². The van der Waals surface area contributed by atoms with Crippen molar-refractivity contribution in [2.24, 2.45) is 5.92 Å². The van der Waals surface area contributed by atoms with Crippen molar-refractivity contribution in [1.29, 1.82) is 0 Å². The van der Waals surface area contributed by atoms with E-state index in [1.165, 1.54) is 0 Å². The van der Waals surface area contributed by atoms with E-state index in [4.69, 9.17) is 9.47 Å². The third kappa shape index (κ3) is 4.40. The minimum Gasteiger partial charge on any atom is -0.490 e. The molecular formula is C18H25NO5. The number of rotatable bonds is 7. The molecule has 0 aromatic heterocycles. The van der Waals surface area contributed by atoms with Gasteiger partial charge in [0.25, 0.3) is 5.91 Å². The molecule has 24 heavy (non-hydrogen) atoms. The summed E-state index contributed by atoms with van der Waals surface area (Å²) >= 11 is 0.